The van der Waals surface area contributed by atoms with E-state index in [1.54, 1.807) is 6.07 Å². The third-order valence-electron chi connectivity index (χ3n) is 4.92. The predicted octanol–water partition coefficient (Wildman–Crippen LogP) is 2.70. The van der Waals surface area contributed by atoms with Crippen LogP contribution in [0.3, 0.4) is 0 Å². The second-order valence-electron chi connectivity index (χ2n) is 6.67. The molecule has 0 saturated heterocycles. The third kappa shape index (κ3) is 5.56. The van der Waals surface area contributed by atoms with E-state index in [2.05, 4.69) is 30.0 Å². The number of carbonyl (C=O) groups is 1. The first-order valence-corrected chi connectivity index (χ1v) is 8.99. The van der Waals surface area contributed by atoms with Crippen molar-refractivity contribution in [3.05, 3.63) is 29.6 Å². The molecule has 1 saturated carbocycles. The Morgan fingerprint density at radius 2 is 2.08 bits per heavy atom. The number of ether oxygens (including phenoxy) is 1. The maximum Gasteiger partial charge on any atom is 0.242 e. The van der Waals surface area contributed by atoms with Crippen molar-refractivity contribution in [1.29, 1.82) is 0 Å². The standard InChI is InChI=1S/C18H26FN3O2S/c1-11-5-4-6-15(12(11)2)20-18(25)22-21-17(23)10-13-7-8-16(24-3)14(19)9-13/h7-9,11-12,15H,4-6,10H2,1-3H3,(H,21,23)(H2,20,22,25)/t11-,12-,15+/m1/s1. The summed E-state index contributed by atoms with van der Waals surface area (Å²) in [6.45, 7) is 4.48. The van der Waals surface area contributed by atoms with Crippen LogP contribution in [0.5, 0.6) is 5.75 Å². The maximum atomic E-state index is 13.6. The highest BCUT2D eigenvalue weighted by Crippen LogP contribution is 2.29. The number of halogens is 1. The molecule has 1 aromatic carbocycles. The normalized spacial score (nSPS) is 22.8. The number of hydrogen-bond donors (Lipinski definition) is 3. The fraction of sp³-hybridized carbons (Fsp3) is 0.556. The number of hydrazine groups is 1. The van der Waals surface area contributed by atoms with Gasteiger partial charge in [-0.2, -0.15) is 0 Å². The summed E-state index contributed by atoms with van der Waals surface area (Å²) in [5.74, 6) is 0.570. The van der Waals surface area contributed by atoms with E-state index >= 15 is 0 Å². The summed E-state index contributed by atoms with van der Waals surface area (Å²) in [5.41, 5.74) is 5.83. The number of thiocarbonyl (C=S) groups is 1. The van der Waals surface area contributed by atoms with Gasteiger partial charge >= 0.3 is 0 Å². The first kappa shape index (κ1) is 19.4. The van der Waals surface area contributed by atoms with Gasteiger partial charge in [0.1, 0.15) is 0 Å². The van der Waals surface area contributed by atoms with Gasteiger partial charge in [-0.05, 0) is 48.2 Å². The molecule has 0 bridgehead atoms. The zero-order valence-corrected chi connectivity index (χ0v) is 15.7. The van der Waals surface area contributed by atoms with Crippen molar-refractivity contribution in [2.24, 2.45) is 11.8 Å². The van der Waals surface area contributed by atoms with Gasteiger partial charge in [0.2, 0.25) is 5.91 Å². The molecule has 0 radical (unpaired) electrons. The molecule has 1 amide bonds. The van der Waals surface area contributed by atoms with Crippen molar-refractivity contribution in [3.8, 4) is 5.75 Å². The lowest BCUT2D eigenvalue weighted by Crippen LogP contribution is -2.52. The van der Waals surface area contributed by atoms with Gasteiger partial charge in [-0.3, -0.25) is 15.6 Å². The van der Waals surface area contributed by atoms with Gasteiger partial charge in [-0.1, -0.05) is 32.8 Å². The lowest BCUT2D eigenvalue weighted by Gasteiger charge is -2.35. The largest absolute Gasteiger partial charge is 0.494 e. The van der Waals surface area contributed by atoms with E-state index in [0.29, 0.717) is 28.6 Å². The number of hydrogen-bond acceptors (Lipinski definition) is 3. The number of methoxy groups -OCH3 is 1. The van der Waals surface area contributed by atoms with Gasteiger partial charge in [0.05, 0.1) is 13.5 Å². The van der Waals surface area contributed by atoms with Crippen LogP contribution < -0.4 is 20.9 Å². The summed E-state index contributed by atoms with van der Waals surface area (Å²) in [4.78, 5) is 12.0. The first-order valence-electron chi connectivity index (χ1n) is 8.58. The highest BCUT2D eigenvalue weighted by atomic mass is 32.1. The van der Waals surface area contributed by atoms with E-state index in [0.717, 1.165) is 6.42 Å². The number of benzene rings is 1. The summed E-state index contributed by atoms with van der Waals surface area (Å²) in [6.07, 6.45) is 3.55. The Bertz CT molecular complexity index is 626. The van der Waals surface area contributed by atoms with E-state index < -0.39 is 5.82 Å². The Balaban J connectivity index is 1.77. The second kappa shape index (κ2) is 8.99. The summed E-state index contributed by atoms with van der Waals surface area (Å²) < 4.78 is 18.5. The predicted molar refractivity (Wildman–Crippen MR) is 99.6 cm³/mol. The first-order chi connectivity index (χ1) is 11.9. The topological polar surface area (TPSA) is 62.4 Å². The lowest BCUT2D eigenvalue weighted by atomic mass is 9.78. The minimum Gasteiger partial charge on any atom is -0.494 e. The molecular weight excluding hydrogens is 341 g/mol. The van der Waals surface area contributed by atoms with Gasteiger partial charge in [0, 0.05) is 6.04 Å². The van der Waals surface area contributed by atoms with Crippen LogP contribution in [-0.4, -0.2) is 24.2 Å². The van der Waals surface area contributed by atoms with E-state index in [-0.39, 0.29) is 18.1 Å². The summed E-state index contributed by atoms with van der Waals surface area (Å²) >= 11 is 5.25. The van der Waals surface area contributed by atoms with Crippen LogP contribution in [0.2, 0.25) is 0 Å². The van der Waals surface area contributed by atoms with E-state index in [4.69, 9.17) is 17.0 Å². The number of amides is 1. The molecule has 0 heterocycles. The van der Waals surface area contributed by atoms with Crippen LogP contribution in [0.15, 0.2) is 18.2 Å². The molecule has 5 nitrogen and oxygen atoms in total. The van der Waals surface area contributed by atoms with Crippen molar-refractivity contribution in [2.75, 3.05) is 7.11 Å². The summed E-state index contributed by atoms with van der Waals surface area (Å²) in [5, 5.41) is 3.67. The van der Waals surface area contributed by atoms with Gasteiger partial charge < -0.3 is 10.1 Å². The van der Waals surface area contributed by atoms with Crippen LogP contribution in [0.1, 0.15) is 38.7 Å². The fourth-order valence-electron chi connectivity index (χ4n) is 3.17. The summed E-state index contributed by atoms with van der Waals surface area (Å²) in [6, 6.07) is 4.77. The molecule has 0 aromatic heterocycles. The van der Waals surface area contributed by atoms with Gasteiger partial charge in [-0.25, -0.2) is 4.39 Å². The average molecular weight is 367 g/mol. The number of nitrogens with one attached hydrogen (secondary N) is 3. The van der Waals surface area contributed by atoms with Crippen molar-refractivity contribution in [2.45, 2.75) is 45.6 Å². The molecule has 0 unspecified atom stereocenters. The number of carbonyl (C=O) groups excluding carboxylic acids is 1. The van der Waals surface area contributed by atoms with Gasteiger partial charge in [-0.15, -0.1) is 0 Å². The molecule has 3 atom stereocenters. The molecule has 138 valence electrons. The molecular formula is C18H26FN3O2S. The Hall–Kier alpha value is -1.89. The monoisotopic (exact) mass is 367 g/mol. The summed E-state index contributed by atoms with van der Waals surface area (Å²) in [7, 11) is 1.40. The van der Waals surface area contributed by atoms with Crippen molar-refractivity contribution < 1.29 is 13.9 Å². The maximum absolute atomic E-state index is 13.6. The molecule has 0 spiro atoms. The lowest BCUT2D eigenvalue weighted by molar-refractivity contribution is -0.121. The molecule has 2 rings (SSSR count). The molecule has 1 aliphatic rings. The average Bonchev–Trinajstić information content (AvgIpc) is 2.57. The van der Waals surface area contributed by atoms with Crippen molar-refractivity contribution in [3.63, 3.8) is 0 Å². The minimum atomic E-state index is -0.488. The van der Waals surface area contributed by atoms with E-state index in [1.807, 2.05) is 0 Å². The molecule has 3 N–H and O–H groups in total. The quantitative estimate of drug-likeness (QED) is 0.564. The van der Waals surface area contributed by atoms with Crippen LogP contribution in [-0.2, 0) is 11.2 Å². The minimum absolute atomic E-state index is 0.0490. The zero-order valence-electron chi connectivity index (χ0n) is 14.9. The number of rotatable bonds is 4. The molecule has 25 heavy (non-hydrogen) atoms. The Morgan fingerprint density at radius 1 is 1.32 bits per heavy atom. The molecule has 1 aliphatic carbocycles. The fourth-order valence-corrected chi connectivity index (χ4v) is 3.37. The highest BCUT2D eigenvalue weighted by molar-refractivity contribution is 7.80. The van der Waals surface area contributed by atoms with E-state index in [1.165, 1.54) is 32.1 Å². The zero-order chi connectivity index (χ0) is 18.4. The van der Waals surface area contributed by atoms with Crippen LogP contribution in [0.4, 0.5) is 4.39 Å². The Labute approximate surface area is 153 Å². The Morgan fingerprint density at radius 3 is 2.76 bits per heavy atom. The third-order valence-corrected chi connectivity index (χ3v) is 5.14. The van der Waals surface area contributed by atoms with Gasteiger partial charge in [0.15, 0.2) is 16.7 Å². The molecule has 1 aromatic rings. The molecule has 7 heteroatoms. The van der Waals surface area contributed by atoms with E-state index in [9.17, 15) is 9.18 Å². The van der Waals surface area contributed by atoms with Crippen LogP contribution in [0.25, 0.3) is 0 Å². The van der Waals surface area contributed by atoms with Crippen molar-refractivity contribution >= 4 is 23.2 Å². The highest BCUT2D eigenvalue weighted by Gasteiger charge is 2.27. The smallest absolute Gasteiger partial charge is 0.242 e. The van der Waals surface area contributed by atoms with Gasteiger partial charge in [0.25, 0.3) is 0 Å². The second-order valence-corrected chi connectivity index (χ2v) is 7.07. The van der Waals surface area contributed by atoms with Crippen LogP contribution >= 0.6 is 12.2 Å². The van der Waals surface area contributed by atoms with Crippen LogP contribution in [0, 0.1) is 17.7 Å². The Kier molecular flexibility index (Phi) is 6.99. The molecule has 0 aliphatic heterocycles. The van der Waals surface area contributed by atoms with Crippen molar-refractivity contribution in [1.82, 2.24) is 16.2 Å². The molecule has 1 fully saturated rings. The SMILES string of the molecule is COc1ccc(CC(=O)NNC(=S)N[C@H]2CCC[C@@H](C)[C@H]2C)cc1F.